The van der Waals surface area contributed by atoms with E-state index < -0.39 is 16.8 Å². The fraction of sp³-hybridized carbons (Fsp3) is 0.353. The average molecular weight is 374 g/mol. The van der Waals surface area contributed by atoms with Crippen molar-refractivity contribution in [1.29, 1.82) is 0 Å². The van der Waals surface area contributed by atoms with Crippen molar-refractivity contribution in [3.05, 3.63) is 40.7 Å². The molecule has 0 atom stereocenters. The Kier molecular flexibility index (Phi) is 5.34. The second-order valence-corrected chi connectivity index (χ2v) is 5.96. The number of rotatable bonds is 6. The molecule has 0 amide bonds. The van der Waals surface area contributed by atoms with E-state index in [4.69, 9.17) is 14.6 Å². The first-order valence-electron chi connectivity index (χ1n) is 8.29. The fourth-order valence-electron chi connectivity index (χ4n) is 2.97. The highest BCUT2D eigenvalue weighted by atomic mass is 16.6. The number of nitrogens with zero attached hydrogens (tertiary/aromatic N) is 4. The van der Waals surface area contributed by atoms with Gasteiger partial charge >= 0.3 is 17.5 Å². The molecule has 10 heteroatoms. The number of benzene rings is 1. The Balaban J connectivity index is 1.92. The summed E-state index contributed by atoms with van der Waals surface area (Å²) in [5.74, 6) is -0.691. The summed E-state index contributed by atoms with van der Waals surface area (Å²) in [6.07, 6.45) is 1.97. The standard InChI is InChI=1S/C17H18N4O6/c1-26-12-4-2-3-5-13(12)27-16-14(21(24)25)15(18-10-19-16)20-8-6-11(7-9-20)17(22)23/h2-5,10-11H,6-9H2,1H3,(H,22,23). The topological polar surface area (TPSA) is 128 Å². The van der Waals surface area contributed by atoms with Crippen molar-refractivity contribution in [2.24, 2.45) is 5.92 Å². The van der Waals surface area contributed by atoms with Crippen LogP contribution >= 0.6 is 0 Å². The summed E-state index contributed by atoms with van der Waals surface area (Å²) in [6.45, 7) is 0.700. The van der Waals surface area contributed by atoms with E-state index in [1.54, 1.807) is 29.2 Å². The lowest BCUT2D eigenvalue weighted by molar-refractivity contribution is -0.385. The highest BCUT2D eigenvalue weighted by Crippen LogP contribution is 2.39. The van der Waals surface area contributed by atoms with Gasteiger partial charge in [0.25, 0.3) is 0 Å². The van der Waals surface area contributed by atoms with Crippen LogP contribution in [0.3, 0.4) is 0 Å². The molecule has 1 N–H and O–H groups in total. The molecule has 1 aromatic carbocycles. The molecule has 1 fully saturated rings. The van der Waals surface area contributed by atoms with Crippen LogP contribution in [-0.2, 0) is 4.79 Å². The summed E-state index contributed by atoms with van der Waals surface area (Å²) in [5.41, 5.74) is -0.364. The van der Waals surface area contributed by atoms with Crippen LogP contribution in [0.4, 0.5) is 11.5 Å². The van der Waals surface area contributed by atoms with E-state index in [0.717, 1.165) is 0 Å². The number of carboxylic acid groups (broad SMARTS) is 1. The molecular formula is C17H18N4O6. The SMILES string of the molecule is COc1ccccc1Oc1ncnc(N2CCC(C(=O)O)CC2)c1[N+](=O)[O-]. The molecule has 1 aromatic heterocycles. The summed E-state index contributed by atoms with van der Waals surface area (Å²) < 4.78 is 10.8. The van der Waals surface area contributed by atoms with Crippen molar-refractivity contribution in [3.8, 4) is 17.4 Å². The molecule has 0 radical (unpaired) electrons. The van der Waals surface area contributed by atoms with E-state index in [0.29, 0.717) is 31.7 Å². The Morgan fingerprint density at radius 3 is 2.52 bits per heavy atom. The quantitative estimate of drug-likeness (QED) is 0.599. The number of hydrogen-bond donors (Lipinski definition) is 1. The Hall–Kier alpha value is -3.43. The van der Waals surface area contributed by atoms with Crippen LogP contribution in [-0.4, -0.2) is 46.2 Å². The minimum Gasteiger partial charge on any atom is -0.493 e. The largest absolute Gasteiger partial charge is 0.493 e. The molecule has 1 aliphatic rings. The van der Waals surface area contributed by atoms with Gasteiger partial charge in [0.2, 0.25) is 5.82 Å². The van der Waals surface area contributed by atoms with Gasteiger partial charge in [0, 0.05) is 13.1 Å². The number of methoxy groups -OCH3 is 1. The molecule has 27 heavy (non-hydrogen) atoms. The van der Waals surface area contributed by atoms with Gasteiger partial charge in [-0.2, -0.15) is 4.98 Å². The second-order valence-electron chi connectivity index (χ2n) is 5.96. The number of carbonyl (C=O) groups is 1. The number of nitro groups is 1. The number of aliphatic carboxylic acids is 1. The van der Waals surface area contributed by atoms with Crippen molar-refractivity contribution in [2.45, 2.75) is 12.8 Å². The Morgan fingerprint density at radius 1 is 1.26 bits per heavy atom. The van der Waals surface area contributed by atoms with Crippen LogP contribution in [0.15, 0.2) is 30.6 Å². The maximum Gasteiger partial charge on any atom is 0.373 e. The van der Waals surface area contributed by atoms with Gasteiger partial charge in [-0.25, -0.2) is 4.98 Å². The van der Waals surface area contributed by atoms with E-state index in [9.17, 15) is 14.9 Å². The number of piperidine rings is 1. The van der Waals surface area contributed by atoms with Crippen molar-refractivity contribution in [1.82, 2.24) is 9.97 Å². The van der Waals surface area contributed by atoms with Crippen molar-refractivity contribution < 1.29 is 24.3 Å². The molecule has 0 spiro atoms. The van der Waals surface area contributed by atoms with Crippen LogP contribution in [0.2, 0.25) is 0 Å². The van der Waals surface area contributed by atoms with Gasteiger partial charge in [0.05, 0.1) is 18.0 Å². The van der Waals surface area contributed by atoms with Crippen molar-refractivity contribution in [3.63, 3.8) is 0 Å². The molecule has 2 heterocycles. The van der Waals surface area contributed by atoms with Gasteiger partial charge in [0.1, 0.15) is 6.33 Å². The zero-order chi connectivity index (χ0) is 19.4. The fourth-order valence-corrected chi connectivity index (χ4v) is 2.97. The highest BCUT2D eigenvalue weighted by Gasteiger charge is 2.32. The first kappa shape index (κ1) is 18.4. The third-order valence-electron chi connectivity index (χ3n) is 4.37. The summed E-state index contributed by atoms with van der Waals surface area (Å²) in [5, 5.41) is 20.8. The molecule has 0 saturated carbocycles. The first-order valence-corrected chi connectivity index (χ1v) is 8.29. The first-order chi connectivity index (χ1) is 13.0. The van der Waals surface area contributed by atoms with Gasteiger partial charge in [-0.05, 0) is 25.0 Å². The lowest BCUT2D eigenvalue weighted by Gasteiger charge is -2.30. The molecule has 0 bridgehead atoms. The van der Waals surface area contributed by atoms with Gasteiger partial charge in [-0.1, -0.05) is 12.1 Å². The minimum atomic E-state index is -0.855. The summed E-state index contributed by atoms with van der Waals surface area (Å²) in [4.78, 5) is 31.9. The van der Waals surface area contributed by atoms with Crippen LogP contribution < -0.4 is 14.4 Å². The van der Waals surface area contributed by atoms with Crippen LogP contribution in [0.1, 0.15) is 12.8 Å². The van der Waals surface area contributed by atoms with Crippen molar-refractivity contribution >= 4 is 17.5 Å². The summed E-state index contributed by atoms with van der Waals surface area (Å²) in [6, 6.07) is 6.74. The molecule has 142 valence electrons. The van der Waals surface area contributed by atoms with Crippen LogP contribution in [0.25, 0.3) is 0 Å². The zero-order valence-electron chi connectivity index (χ0n) is 14.6. The molecule has 2 aromatic rings. The van der Waals surface area contributed by atoms with Gasteiger partial charge < -0.3 is 19.5 Å². The van der Waals surface area contributed by atoms with Crippen molar-refractivity contribution in [2.75, 3.05) is 25.1 Å². The number of para-hydroxylation sites is 2. The Labute approximate surface area is 154 Å². The molecule has 3 rings (SSSR count). The predicted octanol–water partition coefficient (Wildman–Crippen LogP) is 2.49. The molecule has 10 nitrogen and oxygen atoms in total. The molecule has 0 aliphatic carbocycles. The molecule has 1 aliphatic heterocycles. The molecule has 0 unspecified atom stereocenters. The second kappa shape index (κ2) is 7.85. The van der Waals surface area contributed by atoms with Crippen LogP contribution in [0.5, 0.6) is 17.4 Å². The third kappa shape index (κ3) is 3.89. The van der Waals surface area contributed by atoms with E-state index in [2.05, 4.69) is 9.97 Å². The maximum absolute atomic E-state index is 11.7. The Bertz CT molecular complexity index is 851. The normalized spacial score (nSPS) is 14.6. The van der Waals surface area contributed by atoms with E-state index in [-0.39, 0.29) is 23.1 Å². The lowest BCUT2D eigenvalue weighted by atomic mass is 9.97. The van der Waals surface area contributed by atoms with E-state index in [1.807, 2.05) is 0 Å². The van der Waals surface area contributed by atoms with E-state index in [1.165, 1.54) is 13.4 Å². The van der Waals surface area contributed by atoms with E-state index >= 15 is 0 Å². The zero-order valence-corrected chi connectivity index (χ0v) is 14.6. The lowest BCUT2D eigenvalue weighted by Crippen LogP contribution is -2.37. The van der Waals surface area contributed by atoms with Crippen LogP contribution in [0, 0.1) is 16.0 Å². The highest BCUT2D eigenvalue weighted by molar-refractivity contribution is 5.71. The smallest absolute Gasteiger partial charge is 0.373 e. The number of ether oxygens (including phenoxy) is 2. The number of anilines is 1. The van der Waals surface area contributed by atoms with Gasteiger partial charge in [0.15, 0.2) is 11.5 Å². The van der Waals surface area contributed by atoms with Gasteiger partial charge in [-0.15, -0.1) is 0 Å². The number of hydrogen-bond acceptors (Lipinski definition) is 8. The summed E-state index contributed by atoms with van der Waals surface area (Å²) in [7, 11) is 1.47. The molecule has 1 saturated heterocycles. The predicted molar refractivity (Wildman–Crippen MR) is 94.3 cm³/mol. The number of aromatic nitrogens is 2. The Morgan fingerprint density at radius 2 is 1.93 bits per heavy atom. The monoisotopic (exact) mass is 374 g/mol. The third-order valence-corrected chi connectivity index (χ3v) is 4.37. The van der Waals surface area contributed by atoms with Gasteiger partial charge in [-0.3, -0.25) is 14.9 Å². The minimum absolute atomic E-state index is 0.115. The maximum atomic E-state index is 11.7. The molecular weight excluding hydrogens is 356 g/mol. The number of carboxylic acids is 1. The average Bonchev–Trinajstić information content (AvgIpc) is 2.68. The summed E-state index contributed by atoms with van der Waals surface area (Å²) >= 11 is 0.